The maximum atomic E-state index is 5.97. The molecule has 0 radical (unpaired) electrons. The van der Waals surface area contributed by atoms with Crippen molar-refractivity contribution in [3.05, 3.63) is 21.9 Å². The largest absolute Gasteiger partial charge is 0.370 e. The van der Waals surface area contributed by atoms with E-state index in [1.165, 1.54) is 9.75 Å². The lowest BCUT2D eigenvalue weighted by atomic mass is 10.1. The Morgan fingerprint density at radius 1 is 1.62 bits per heavy atom. The molecule has 2 N–H and O–H groups in total. The first-order valence-electron chi connectivity index (χ1n) is 5.78. The van der Waals surface area contributed by atoms with Crippen LogP contribution in [0.25, 0.3) is 0 Å². The van der Waals surface area contributed by atoms with Gasteiger partial charge in [-0.05, 0) is 32.4 Å². The fourth-order valence-corrected chi connectivity index (χ4v) is 3.07. The second-order valence-electron chi connectivity index (χ2n) is 4.33. The van der Waals surface area contributed by atoms with Gasteiger partial charge in [-0.15, -0.1) is 11.3 Å². The van der Waals surface area contributed by atoms with Crippen molar-refractivity contribution in [3.8, 4) is 0 Å². The van der Waals surface area contributed by atoms with Crippen molar-refractivity contribution < 1.29 is 0 Å². The summed E-state index contributed by atoms with van der Waals surface area (Å²) < 4.78 is 0. The molecule has 0 saturated carbocycles. The van der Waals surface area contributed by atoms with E-state index in [0.29, 0.717) is 18.0 Å². The first-order chi connectivity index (χ1) is 7.63. The molecule has 2 rings (SSSR count). The number of nitrogens with zero attached hydrogens (tertiary/aromatic N) is 2. The van der Waals surface area contributed by atoms with E-state index in [1.54, 1.807) is 0 Å². The summed E-state index contributed by atoms with van der Waals surface area (Å²) in [5, 5.41) is 0. The van der Waals surface area contributed by atoms with Gasteiger partial charge in [0.2, 0.25) is 0 Å². The zero-order valence-electron chi connectivity index (χ0n) is 10.1. The van der Waals surface area contributed by atoms with Gasteiger partial charge >= 0.3 is 0 Å². The summed E-state index contributed by atoms with van der Waals surface area (Å²) in [7, 11) is 0. The molecule has 1 aromatic heterocycles. The van der Waals surface area contributed by atoms with Gasteiger partial charge in [-0.3, -0.25) is 4.99 Å². The fraction of sp³-hybridized carbons (Fsp3) is 0.583. The van der Waals surface area contributed by atoms with E-state index in [1.807, 2.05) is 11.3 Å². The molecule has 0 bridgehead atoms. The van der Waals surface area contributed by atoms with Crippen LogP contribution in [0.15, 0.2) is 17.1 Å². The van der Waals surface area contributed by atoms with Crippen LogP contribution in [0.5, 0.6) is 0 Å². The van der Waals surface area contributed by atoms with Crippen LogP contribution in [0.1, 0.15) is 36.1 Å². The number of hydrogen-bond donors (Lipinski definition) is 1. The van der Waals surface area contributed by atoms with Gasteiger partial charge in [0.05, 0.1) is 12.6 Å². The maximum absolute atomic E-state index is 5.97. The predicted molar refractivity (Wildman–Crippen MR) is 69.9 cm³/mol. The Labute approximate surface area is 101 Å². The molecule has 0 aliphatic carbocycles. The quantitative estimate of drug-likeness (QED) is 0.877. The lowest BCUT2D eigenvalue weighted by molar-refractivity contribution is 0.271. The Morgan fingerprint density at radius 3 is 2.94 bits per heavy atom. The van der Waals surface area contributed by atoms with Gasteiger partial charge in [0.1, 0.15) is 0 Å². The predicted octanol–water partition coefficient (Wildman–Crippen LogP) is 2.53. The monoisotopic (exact) mass is 237 g/mol. The third-order valence-electron chi connectivity index (χ3n) is 3.18. The van der Waals surface area contributed by atoms with Gasteiger partial charge in [-0.25, -0.2) is 0 Å². The Balaban J connectivity index is 2.23. The van der Waals surface area contributed by atoms with E-state index < -0.39 is 0 Å². The zero-order valence-corrected chi connectivity index (χ0v) is 10.9. The molecule has 0 fully saturated rings. The number of guanidine groups is 1. The van der Waals surface area contributed by atoms with Gasteiger partial charge in [0.25, 0.3) is 0 Å². The van der Waals surface area contributed by atoms with E-state index in [2.05, 4.69) is 42.8 Å². The second-order valence-corrected chi connectivity index (χ2v) is 5.65. The highest BCUT2D eigenvalue weighted by Crippen LogP contribution is 2.32. The smallest absolute Gasteiger partial charge is 0.192 e. The SMILES string of the molecule is CCC(C)N1C(N)=NCC1c1ccc(C)s1. The Morgan fingerprint density at radius 2 is 2.38 bits per heavy atom. The summed E-state index contributed by atoms with van der Waals surface area (Å²) in [4.78, 5) is 9.36. The van der Waals surface area contributed by atoms with Crippen molar-refractivity contribution in [1.29, 1.82) is 0 Å². The molecule has 0 aromatic carbocycles. The lowest BCUT2D eigenvalue weighted by Gasteiger charge is -2.31. The summed E-state index contributed by atoms with van der Waals surface area (Å²) >= 11 is 1.85. The summed E-state index contributed by atoms with van der Waals surface area (Å²) in [5.41, 5.74) is 5.97. The first kappa shape index (κ1) is 11.5. The molecular formula is C12H19N3S. The number of hydrogen-bond acceptors (Lipinski definition) is 4. The molecule has 3 nitrogen and oxygen atoms in total. The number of rotatable bonds is 3. The molecule has 0 amide bonds. The van der Waals surface area contributed by atoms with Crippen LogP contribution in [-0.2, 0) is 0 Å². The zero-order chi connectivity index (χ0) is 11.7. The Kier molecular flexibility index (Phi) is 3.19. The molecule has 1 aliphatic rings. The molecule has 88 valence electrons. The van der Waals surface area contributed by atoms with Crippen LogP contribution in [0.3, 0.4) is 0 Å². The highest BCUT2D eigenvalue weighted by molar-refractivity contribution is 7.12. The third-order valence-corrected chi connectivity index (χ3v) is 4.28. The summed E-state index contributed by atoms with van der Waals surface area (Å²) in [6.45, 7) is 7.34. The number of nitrogens with two attached hydrogens (primary N) is 1. The summed E-state index contributed by atoms with van der Waals surface area (Å²) in [5.74, 6) is 0.699. The molecule has 2 atom stereocenters. The van der Waals surface area contributed by atoms with Crippen molar-refractivity contribution in [1.82, 2.24) is 4.90 Å². The molecule has 2 unspecified atom stereocenters. The summed E-state index contributed by atoms with van der Waals surface area (Å²) in [6, 6.07) is 5.18. The minimum absolute atomic E-state index is 0.355. The van der Waals surface area contributed by atoms with E-state index in [0.717, 1.165) is 13.0 Å². The highest BCUT2D eigenvalue weighted by atomic mass is 32.1. The molecule has 0 spiro atoms. The van der Waals surface area contributed by atoms with Gasteiger partial charge in [-0.2, -0.15) is 0 Å². The Hall–Kier alpha value is -1.03. The van der Waals surface area contributed by atoms with Crippen LogP contribution >= 0.6 is 11.3 Å². The van der Waals surface area contributed by atoms with Gasteiger partial charge in [-0.1, -0.05) is 6.92 Å². The van der Waals surface area contributed by atoms with Crippen LogP contribution in [0.4, 0.5) is 0 Å². The summed E-state index contributed by atoms with van der Waals surface area (Å²) in [6.07, 6.45) is 1.09. The Bertz CT molecular complexity index is 397. The number of aryl methyl sites for hydroxylation is 1. The number of thiophene rings is 1. The van der Waals surface area contributed by atoms with Crippen molar-refractivity contribution in [2.75, 3.05) is 6.54 Å². The fourth-order valence-electron chi connectivity index (χ4n) is 2.10. The molecule has 4 heteroatoms. The molecular weight excluding hydrogens is 218 g/mol. The third kappa shape index (κ3) is 1.94. The molecule has 1 aliphatic heterocycles. The van der Waals surface area contributed by atoms with E-state index in [-0.39, 0.29) is 0 Å². The average Bonchev–Trinajstić information content (AvgIpc) is 2.83. The standard InChI is InChI=1S/C12H19N3S/c1-4-8(2)15-10(7-14-12(15)13)11-6-5-9(3)16-11/h5-6,8,10H,4,7H2,1-3H3,(H2,13,14). The van der Waals surface area contributed by atoms with E-state index in [9.17, 15) is 0 Å². The van der Waals surface area contributed by atoms with Gasteiger partial charge < -0.3 is 10.6 Å². The lowest BCUT2D eigenvalue weighted by Crippen LogP contribution is -2.41. The highest BCUT2D eigenvalue weighted by Gasteiger charge is 2.31. The molecule has 1 aromatic rings. The first-order valence-corrected chi connectivity index (χ1v) is 6.59. The van der Waals surface area contributed by atoms with Crippen LogP contribution in [-0.4, -0.2) is 23.4 Å². The van der Waals surface area contributed by atoms with Crippen molar-refractivity contribution in [2.24, 2.45) is 10.7 Å². The molecule has 2 heterocycles. The van der Waals surface area contributed by atoms with Crippen molar-refractivity contribution in [2.45, 2.75) is 39.3 Å². The average molecular weight is 237 g/mol. The number of aliphatic imine (C=N–C) groups is 1. The van der Waals surface area contributed by atoms with Crippen molar-refractivity contribution in [3.63, 3.8) is 0 Å². The van der Waals surface area contributed by atoms with Crippen LogP contribution in [0.2, 0.25) is 0 Å². The molecule has 0 saturated heterocycles. The van der Waals surface area contributed by atoms with Crippen LogP contribution in [0, 0.1) is 6.92 Å². The molecule has 16 heavy (non-hydrogen) atoms. The van der Waals surface area contributed by atoms with Crippen LogP contribution < -0.4 is 5.73 Å². The minimum atomic E-state index is 0.355. The van der Waals surface area contributed by atoms with Crippen molar-refractivity contribution >= 4 is 17.3 Å². The minimum Gasteiger partial charge on any atom is -0.370 e. The van der Waals surface area contributed by atoms with E-state index >= 15 is 0 Å². The normalized spacial score (nSPS) is 22.3. The van der Waals surface area contributed by atoms with E-state index in [4.69, 9.17) is 5.73 Å². The topological polar surface area (TPSA) is 41.6 Å². The second kappa shape index (κ2) is 4.45. The van der Waals surface area contributed by atoms with Gasteiger partial charge in [0.15, 0.2) is 5.96 Å². The maximum Gasteiger partial charge on any atom is 0.192 e. The van der Waals surface area contributed by atoms with Gasteiger partial charge in [0, 0.05) is 15.8 Å².